The minimum atomic E-state index is 0.158. The first kappa shape index (κ1) is 12.0. The Morgan fingerprint density at radius 2 is 2.00 bits per heavy atom. The molecule has 2 aromatic heterocycles. The van der Waals surface area contributed by atoms with Crippen LogP contribution in [-0.4, -0.2) is 9.97 Å². The summed E-state index contributed by atoms with van der Waals surface area (Å²) < 4.78 is 0. The highest BCUT2D eigenvalue weighted by Crippen LogP contribution is 2.36. The molecule has 1 aliphatic rings. The molecule has 0 amide bonds. The van der Waals surface area contributed by atoms with Crippen molar-refractivity contribution in [3.8, 4) is 10.7 Å². The zero-order valence-electron chi connectivity index (χ0n) is 11.0. The quantitative estimate of drug-likeness (QED) is 0.740. The Morgan fingerprint density at radius 1 is 1.10 bits per heavy atom. The highest BCUT2D eigenvalue weighted by Gasteiger charge is 2.22. The maximum atomic E-state index is 6.18. The molecule has 2 N–H and O–H groups in total. The van der Waals surface area contributed by atoms with Crippen LogP contribution in [-0.2, 0) is 6.42 Å². The van der Waals surface area contributed by atoms with Gasteiger partial charge in [0.15, 0.2) is 0 Å². The van der Waals surface area contributed by atoms with Crippen molar-refractivity contribution in [1.82, 2.24) is 9.97 Å². The summed E-state index contributed by atoms with van der Waals surface area (Å²) in [5.74, 6) is 0. The van der Waals surface area contributed by atoms with Crippen LogP contribution in [0, 0.1) is 0 Å². The van der Waals surface area contributed by atoms with Gasteiger partial charge in [-0.3, -0.25) is 0 Å². The van der Waals surface area contributed by atoms with Gasteiger partial charge in [-0.25, -0.2) is 9.97 Å². The van der Waals surface area contributed by atoms with Gasteiger partial charge in [0.1, 0.15) is 5.01 Å². The van der Waals surface area contributed by atoms with Crippen molar-refractivity contribution in [2.45, 2.75) is 25.3 Å². The van der Waals surface area contributed by atoms with Crippen LogP contribution < -0.4 is 5.73 Å². The first-order valence-electron chi connectivity index (χ1n) is 6.92. The molecule has 0 aliphatic heterocycles. The van der Waals surface area contributed by atoms with Gasteiger partial charge in [0.2, 0.25) is 0 Å². The molecule has 1 aromatic carbocycles. The van der Waals surface area contributed by atoms with Gasteiger partial charge in [0.25, 0.3) is 0 Å². The van der Waals surface area contributed by atoms with Crippen LogP contribution in [0.5, 0.6) is 0 Å². The van der Waals surface area contributed by atoms with E-state index in [9.17, 15) is 0 Å². The zero-order chi connectivity index (χ0) is 13.5. The van der Waals surface area contributed by atoms with Crippen molar-refractivity contribution < 1.29 is 0 Å². The number of fused-ring (bicyclic) bond motifs is 2. The van der Waals surface area contributed by atoms with Crippen LogP contribution in [0.15, 0.2) is 36.4 Å². The van der Waals surface area contributed by atoms with Crippen LogP contribution in [0.4, 0.5) is 0 Å². The van der Waals surface area contributed by atoms with E-state index >= 15 is 0 Å². The molecule has 4 rings (SSSR count). The Kier molecular flexibility index (Phi) is 2.79. The summed E-state index contributed by atoms with van der Waals surface area (Å²) in [5.41, 5.74) is 9.33. The van der Waals surface area contributed by atoms with Crippen LogP contribution in [0.3, 0.4) is 0 Å². The Morgan fingerprint density at radius 3 is 2.90 bits per heavy atom. The van der Waals surface area contributed by atoms with E-state index in [0.717, 1.165) is 40.9 Å². The second-order valence-electron chi connectivity index (χ2n) is 5.22. The summed E-state index contributed by atoms with van der Waals surface area (Å²) in [4.78, 5) is 10.7. The van der Waals surface area contributed by atoms with Crippen LogP contribution in [0.2, 0.25) is 0 Å². The Bertz CT molecular complexity index is 778. The number of pyridine rings is 1. The van der Waals surface area contributed by atoms with Gasteiger partial charge in [-0.1, -0.05) is 24.3 Å². The van der Waals surface area contributed by atoms with Gasteiger partial charge in [0.05, 0.1) is 16.9 Å². The maximum absolute atomic E-state index is 6.18. The SMILES string of the molecule is NC1CCCc2nc(-c3ccc4ccccc4n3)sc21. The van der Waals surface area contributed by atoms with Crippen LogP contribution in [0.1, 0.15) is 29.5 Å². The fraction of sp³-hybridized carbons (Fsp3) is 0.250. The molecule has 2 heterocycles. The number of rotatable bonds is 1. The van der Waals surface area contributed by atoms with Gasteiger partial charge >= 0.3 is 0 Å². The standard InChI is InChI=1S/C16H15N3S/c17-11-5-3-7-13-15(11)20-16(19-13)14-9-8-10-4-1-2-6-12(10)18-14/h1-2,4,6,8-9,11H,3,5,7,17H2. The number of thiazole rings is 1. The summed E-state index contributed by atoms with van der Waals surface area (Å²) in [7, 11) is 0. The number of nitrogens with two attached hydrogens (primary N) is 1. The summed E-state index contributed by atoms with van der Waals surface area (Å²) in [6.07, 6.45) is 3.26. The molecule has 0 bridgehead atoms. The van der Waals surface area contributed by atoms with E-state index in [2.05, 4.69) is 18.2 Å². The first-order valence-corrected chi connectivity index (χ1v) is 7.74. The molecule has 1 unspecified atom stereocenters. The summed E-state index contributed by atoms with van der Waals surface area (Å²) in [6, 6.07) is 12.5. The molecule has 0 saturated carbocycles. The fourth-order valence-electron chi connectivity index (χ4n) is 2.75. The summed E-state index contributed by atoms with van der Waals surface area (Å²) in [6.45, 7) is 0. The van der Waals surface area contributed by atoms with Gasteiger partial charge in [-0.05, 0) is 31.4 Å². The van der Waals surface area contributed by atoms with Crippen LogP contribution in [0.25, 0.3) is 21.6 Å². The lowest BCUT2D eigenvalue weighted by Gasteiger charge is -2.15. The predicted molar refractivity (Wildman–Crippen MR) is 82.7 cm³/mol. The number of hydrogen-bond donors (Lipinski definition) is 1. The third-order valence-corrected chi connectivity index (χ3v) is 5.06. The van der Waals surface area contributed by atoms with E-state index < -0.39 is 0 Å². The predicted octanol–water partition coefficient (Wildman–Crippen LogP) is 3.69. The van der Waals surface area contributed by atoms with Crippen LogP contribution >= 0.6 is 11.3 Å². The normalized spacial score (nSPS) is 18.1. The molecule has 100 valence electrons. The zero-order valence-corrected chi connectivity index (χ0v) is 11.9. The van der Waals surface area contributed by atoms with E-state index in [1.807, 2.05) is 18.2 Å². The smallest absolute Gasteiger partial charge is 0.142 e. The Hall–Kier alpha value is -1.78. The molecule has 1 aliphatic carbocycles. The number of aryl methyl sites for hydroxylation is 1. The van der Waals surface area contributed by atoms with Crippen molar-refractivity contribution in [1.29, 1.82) is 0 Å². The van der Waals surface area contributed by atoms with E-state index in [1.165, 1.54) is 10.6 Å². The molecule has 0 fully saturated rings. The average Bonchev–Trinajstić information content (AvgIpc) is 2.92. The minimum Gasteiger partial charge on any atom is -0.323 e. The minimum absolute atomic E-state index is 0.158. The third-order valence-electron chi connectivity index (χ3n) is 3.81. The second-order valence-corrected chi connectivity index (χ2v) is 6.25. The number of aromatic nitrogens is 2. The molecular formula is C16H15N3S. The van der Waals surface area contributed by atoms with Crippen molar-refractivity contribution in [2.75, 3.05) is 0 Å². The first-order chi connectivity index (χ1) is 9.81. The Labute approximate surface area is 121 Å². The molecule has 0 spiro atoms. The van der Waals surface area contributed by atoms with Gasteiger partial charge in [-0.15, -0.1) is 11.3 Å². The van der Waals surface area contributed by atoms with E-state index in [0.29, 0.717) is 0 Å². The number of nitrogens with zero attached hydrogens (tertiary/aromatic N) is 2. The lowest BCUT2D eigenvalue weighted by atomic mass is 9.99. The maximum Gasteiger partial charge on any atom is 0.142 e. The van der Waals surface area contributed by atoms with Crippen molar-refractivity contribution in [3.05, 3.63) is 47.0 Å². The molecule has 4 heteroatoms. The summed E-state index contributed by atoms with van der Waals surface area (Å²) >= 11 is 1.71. The fourth-order valence-corrected chi connectivity index (χ4v) is 3.86. The van der Waals surface area contributed by atoms with Gasteiger partial charge in [0, 0.05) is 16.3 Å². The monoisotopic (exact) mass is 281 g/mol. The van der Waals surface area contributed by atoms with Crippen molar-refractivity contribution >= 4 is 22.2 Å². The molecule has 1 atom stereocenters. The molecular weight excluding hydrogens is 266 g/mol. The molecule has 0 radical (unpaired) electrons. The van der Waals surface area contributed by atoms with Gasteiger partial charge < -0.3 is 5.73 Å². The van der Waals surface area contributed by atoms with E-state index in [1.54, 1.807) is 11.3 Å². The Balaban J connectivity index is 1.83. The molecule has 20 heavy (non-hydrogen) atoms. The lowest BCUT2D eigenvalue weighted by molar-refractivity contribution is 0.573. The largest absolute Gasteiger partial charge is 0.323 e. The molecule has 3 aromatic rings. The second kappa shape index (κ2) is 4.65. The average molecular weight is 281 g/mol. The lowest BCUT2D eigenvalue weighted by Crippen LogP contribution is -2.15. The highest BCUT2D eigenvalue weighted by molar-refractivity contribution is 7.15. The molecule has 0 saturated heterocycles. The van der Waals surface area contributed by atoms with Gasteiger partial charge in [-0.2, -0.15) is 0 Å². The van der Waals surface area contributed by atoms with Crippen molar-refractivity contribution in [3.63, 3.8) is 0 Å². The van der Waals surface area contributed by atoms with Crippen molar-refractivity contribution in [2.24, 2.45) is 5.73 Å². The number of para-hydroxylation sites is 1. The van der Waals surface area contributed by atoms with E-state index in [4.69, 9.17) is 15.7 Å². The highest BCUT2D eigenvalue weighted by atomic mass is 32.1. The third kappa shape index (κ3) is 1.92. The topological polar surface area (TPSA) is 51.8 Å². The number of benzene rings is 1. The molecule has 3 nitrogen and oxygen atoms in total. The number of hydrogen-bond acceptors (Lipinski definition) is 4. The summed E-state index contributed by atoms with van der Waals surface area (Å²) in [5, 5.41) is 2.16. The van der Waals surface area contributed by atoms with E-state index in [-0.39, 0.29) is 6.04 Å².